The van der Waals surface area contributed by atoms with Gasteiger partial charge in [0.05, 0.1) is 11.0 Å². The molecule has 78 valence electrons. The molecule has 2 rings (SSSR count). The molecular formula is C11H13N3O. The summed E-state index contributed by atoms with van der Waals surface area (Å²) < 4.78 is 0. The maximum absolute atomic E-state index is 11.4. The van der Waals surface area contributed by atoms with Crippen LogP contribution < -0.4 is 5.32 Å². The Morgan fingerprint density at radius 2 is 2.13 bits per heavy atom. The van der Waals surface area contributed by atoms with E-state index in [1.54, 1.807) is 0 Å². The van der Waals surface area contributed by atoms with Gasteiger partial charge in [-0.3, -0.25) is 10.1 Å². The van der Waals surface area contributed by atoms with E-state index in [1.807, 2.05) is 38.1 Å². The molecule has 1 heterocycles. The first-order chi connectivity index (χ1) is 7.16. The molecule has 1 aromatic heterocycles. The first kappa shape index (κ1) is 9.71. The smallest absolute Gasteiger partial charge is 0.229 e. The standard InChI is InChI=1S/C11H13N3O/c1-7(2)10(15)14-11-12-8-5-3-4-6-9(8)13-11/h3-7H,1-2H3,(H2,12,13,14,15). The second-order valence-corrected chi connectivity index (χ2v) is 3.75. The fraction of sp³-hybridized carbons (Fsp3) is 0.273. The van der Waals surface area contributed by atoms with Crippen LogP contribution in [0.15, 0.2) is 24.3 Å². The number of nitrogens with zero attached hydrogens (tertiary/aromatic N) is 1. The molecule has 1 aromatic carbocycles. The number of aromatic nitrogens is 2. The van der Waals surface area contributed by atoms with Gasteiger partial charge in [0.25, 0.3) is 0 Å². The molecule has 0 aliphatic carbocycles. The van der Waals surface area contributed by atoms with Gasteiger partial charge in [-0.2, -0.15) is 0 Å². The van der Waals surface area contributed by atoms with Gasteiger partial charge in [-0.25, -0.2) is 4.98 Å². The Bertz CT molecular complexity index is 454. The summed E-state index contributed by atoms with van der Waals surface area (Å²) in [7, 11) is 0. The van der Waals surface area contributed by atoms with Crippen LogP contribution in [-0.4, -0.2) is 15.9 Å². The number of carbonyl (C=O) groups is 1. The van der Waals surface area contributed by atoms with Crippen molar-refractivity contribution in [2.45, 2.75) is 13.8 Å². The molecule has 1 amide bonds. The van der Waals surface area contributed by atoms with Crippen LogP contribution in [0.2, 0.25) is 0 Å². The minimum atomic E-state index is -0.0433. The second kappa shape index (κ2) is 3.73. The summed E-state index contributed by atoms with van der Waals surface area (Å²) in [6, 6.07) is 7.66. The molecule has 4 heteroatoms. The highest BCUT2D eigenvalue weighted by Gasteiger charge is 2.09. The van der Waals surface area contributed by atoms with E-state index in [-0.39, 0.29) is 11.8 Å². The number of nitrogens with one attached hydrogen (secondary N) is 2. The number of para-hydroxylation sites is 2. The number of carbonyl (C=O) groups excluding carboxylic acids is 1. The molecule has 0 atom stereocenters. The van der Waals surface area contributed by atoms with E-state index in [4.69, 9.17) is 0 Å². The number of H-pyrrole nitrogens is 1. The normalized spacial score (nSPS) is 10.9. The lowest BCUT2D eigenvalue weighted by Gasteiger charge is -2.03. The Morgan fingerprint density at radius 3 is 2.80 bits per heavy atom. The lowest BCUT2D eigenvalue weighted by atomic mass is 10.2. The fourth-order valence-corrected chi connectivity index (χ4v) is 1.27. The maximum Gasteiger partial charge on any atom is 0.229 e. The molecule has 0 unspecified atom stereocenters. The van der Waals surface area contributed by atoms with Crippen LogP contribution in [0.3, 0.4) is 0 Å². The van der Waals surface area contributed by atoms with Crippen molar-refractivity contribution in [1.29, 1.82) is 0 Å². The zero-order valence-corrected chi connectivity index (χ0v) is 8.74. The predicted molar refractivity (Wildman–Crippen MR) is 59.6 cm³/mol. The first-order valence-corrected chi connectivity index (χ1v) is 4.92. The number of amides is 1. The highest BCUT2D eigenvalue weighted by molar-refractivity contribution is 5.92. The largest absolute Gasteiger partial charge is 0.324 e. The van der Waals surface area contributed by atoms with Gasteiger partial charge >= 0.3 is 0 Å². The van der Waals surface area contributed by atoms with E-state index in [0.29, 0.717) is 5.95 Å². The molecule has 0 aliphatic heterocycles. The number of hydrogen-bond donors (Lipinski definition) is 2. The monoisotopic (exact) mass is 203 g/mol. The molecule has 4 nitrogen and oxygen atoms in total. The molecule has 0 bridgehead atoms. The summed E-state index contributed by atoms with van der Waals surface area (Å²) in [5.41, 5.74) is 1.79. The topological polar surface area (TPSA) is 57.8 Å². The predicted octanol–water partition coefficient (Wildman–Crippen LogP) is 2.16. The highest BCUT2D eigenvalue weighted by Crippen LogP contribution is 2.13. The molecule has 0 saturated carbocycles. The SMILES string of the molecule is CC(C)C(=O)Nc1nc2ccccc2[nH]1. The Labute approximate surface area is 87.7 Å². The number of benzene rings is 1. The van der Waals surface area contributed by atoms with Crippen molar-refractivity contribution in [3.63, 3.8) is 0 Å². The molecule has 2 N–H and O–H groups in total. The quantitative estimate of drug-likeness (QED) is 0.785. The van der Waals surface area contributed by atoms with Crippen molar-refractivity contribution in [2.75, 3.05) is 5.32 Å². The highest BCUT2D eigenvalue weighted by atomic mass is 16.1. The van der Waals surface area contributed by atoms with Gasteiger partial charge in [-0.15, -0.1) is 0 Å². The summed E-state index contributed by atoms with van der Waals surface area (Å²) in [5, 5.41) is 2.73. The van der Waals surface area contributed by atoms with Crippen LogP contribution in [-0.2, 0) is 4.79 Å². The van der Waals surface area contributed by atoms with Gasteiger partial charge in [0, 0.05) is 5.92 Å². The number of fused-ring (bicyclic) bond motifs is 1. The maximum atomic E-state index is 11.4. The molecule has 0 aliphatic rings. The van der Waals surface area contributed by atoms with Crippen LogP contribution in [0.25, 0.3) is 11.0 Å². The Morgan fingerprint density at radius 1 is 1.40 bits per heavy atom. The zero-order chi connectivity index (χ0) is 10.8. The first-order valence-electron chi connectivity index (χ1n) is 4.92. The Kier molecular flexibility index (Phi) is 2.41. The van der Waals surface area contributed by atoms with Crippen LogP contribution in [0.1, 0.15) is 13.8 Å². The van der Waals surface area contributed by atoms with Crippen molar-refractivity contribution in [2.24, 2.45) is 5.92 Å². The van der Waals surface area contributed by atoms with Gasteiger partial charge < -0.3 is 4.98 Å². The third-order valence-electron chi connectivity index (χ3n) is 2.16. The molecule has 15 heavy (non-hydrogen) atoms. The zero-order valence-electron chi connectivity index (χ0n) is 8.74. The van der Waals surface area contributed by atoms with Crippen molar-refractivity contribution >= 4 is 22.9 Å². The van der Waals surface area contributed by atoms with Crippen molar-refractivity contribution in [1.82, 2.24) is 9.97 Å². The number of aromatic amines is 1. The average Bonchev–Trinajstić information content (AvgIpc) is 2.59. The lowest BCUT2D eigenvalue weighted by Crippen LogP contribution is -2.18. The van der Waals surface area contributed by atoms with E-state index in [9.17, 15) is 4.79 Å². The van der Waals surface area contributed by atoms with Gasteiger partial charge in [-0.1, -0.05) is 26.0 Å². The van der Waals surface area contributed by atoms with Crippen LogP contribution in [0.5, 0.6) is 0 Å². The van der Waals surface area contributed by atoms with Crippen molar-refractivity contribution in [3.05, 3.63) is 24.3 Å². The fourth-order valence-electron chi connectivity index (χ4n) is 1.27. The second-order valence-electron chi connectivity index (χ2n) is 3.75. The van der Waals surface area contributed by atoms with Crippen LogP contribution >= 0.6 is 0 Å². The molecule has 2 aromatic rings. The van der Waals surface area contributed by atoms with Crippen molar-refractivity contribution in [3.8, 4) is 0 Å². The Balaban J connectivity index is 2.26. The third kappa shape index (κ3) is 1.98. The van der Waals surface area contributed by atoms with Crippen molar-refractivity contribution < 1.29 is 4.79 Å². The van der Waals surface area contributed by atoms with Crippen LogP contribution in [0.4, 0.5) is 5.95 Å². The van der Waals surface area contributed by atoms with E-state index in [2.05, 4.69) is 15.3 Å². The number of rotatable bonds is 2. The van der Waals surface area contributed by atoms with Gasteiger partial charge in [0.15, 0.2) is 0 Å². The van der Waals surface area contributed by atoms with E-state index in [0.717, 1.165) is 11.0 Å². The average molecular weight is 203 g/mol. The molecule has 0 saturated heterocycles. The summed E-state index contributed by atoms with van der Waals surface area (Å²) in [6.45, 7) is 3.69. The lowest BCUT2D eigenvalue weighted by molar-refractivity contribution is -0.118. The van der Waals surface area contributed by atoms with Crippen LogP contribution in [0, 0.1) is 5.92 Å². The minimum absolute atomic E-state index is 0.0333. The summed E-state index contributed by atoms with van der Waals surface area (Å²) in [4.78, 5) is 18.7. The summed E-state index contributed by atoms with van der Waals surface area (Å²) >= 11 is 0. The molecule has 0 radical (unpaired) electrons. The molecular weight excluding hydrogens is 190 g/mol. The Hall–Kier alpha value is -1.84. The van der Waals surface area contributed by atoms with Gasteiger partial charge in [0.2, 0.25) is 11.9 Å². The number of imidazole rings is 1. The summed E-state index contributed by atoms with van der Waals surface area (Å²) in [6.07, 6.45) is 0. The van der Waals surface area contributed by atoms with E-state index >= 15 is 0 Å². The number of hydrogen-bond acceptors (Lipinski definition) is 2. The van der Waals surface area contributed by atoms with E-state index in [1.165, 1.54) is 0 Å². The van der Waals surface area contributed by atoms with E-state index < -0.39 is 0 Å². The van der Waals surface area contributed by atoms with Gasteiger partial charge in [0.1, 0.15) is 0 Å². The summed E-state index contributed by atoms with van der Waals surface area (Å²) in [5.74, 6) is 0.433. The van der Waals surface area contributed by atoms with Gasteiger partial charge in [-0.05, 0) is 12.1 Å². The number of anilines is 1. The molecule has 0 fully saturated rings. The minimum Gasteiger partial charge on any atom is -0.324 e. The third-order valence-corrected chi connectivity index (χ3v) is 2.16. The molecule has 0 spiro atoms.